The number of rotatable bonds is 7. The highest BCUT2D eigenvalue weighted by atomic mass is 35.5. The molecule has 0 aliphatic carbocycles. The van der Waals surface area contributed by atoms with Crippen molar-refractivity contribution in [3.05, 3.63) is 95.2 Å². The summed E-state index contributed by atoms with van der Waals surface area (Å²) in [5.74, 6) is 0.160. The molecule has 1 amide bonds. The standard InChI is InChI=1S/C22H16ClF3N4O2S/c23-18-9-8-15(11-17(18)22(24,25)26)28-20(31)19(14-5-2-1-3-6-14)33-21-29-27-13-30(21)12-16-7-4-10-32-16/h1-11,13,19H,12H2,(H,28,31). The molecule has 0 aliphatic rings. The molecule has 0 fully saturated rings. The Hall–Kier alpha value is -3.24. The van der Waals surface area contributed by atoms with Crippen LogP contribution in [0.25, 0.3) is 0 Å². The summed E-state index contributed by atoms with van der Waals surface area (Å²) in [6.07, 6.45) is -1.58. The Balaban J connectivity index is 1.60. The number of amides is 1. The Kier molecular flexibility index (Phi) is 6.75. The van der Waals surface area contributed by atoms with Gasteiger partial charge in [-0.3, -0.25) is 4.79 Å². The summed E-state index contributed by atoms with van der Waals surface area (Å²) in [5, 5.41) is 9.77. The van der Waals surface area contributed by atoms with Gasteiger partial charge in [0.2, 0.25) is 5.91 Å². The van der Waals surface area contributed by atoms with Crippen LogP contribution in [0.3, 0.4) is 0 Å². The van der Waals surface area contributed by atoms with E-state index in [0.29, 0.717) is 23.0 Å². The number of carbonyl (C=O) groups is 1. The zero-order chi connectivity index (χ0) is 23.4. The Morgan fingerprint density at radius 1 is 1.15 bits per heavy atom. The average molecular weight is 493 g/mol. The molecule has 0 saturated carbocycles. The van der Waals surface area contributed by atoms with Gasteiger partial charge in [0.25, 0.3) is 0 Å². The lowest BCUT2D eigenvalue weighted by Crippen LogP contribution is -2.20. The Labute approximate surface area is 195 Å². The minimum absolute atomic E-state index is 0.0182. The van der Waals surface area contributed by atoms with Crippen molar-refractivity contribution in [3.8, 4) is 0 Å². The summed E-state index contributed by atoms with van der Waals surface area (Å²) < 4.78 is 46.7. The Bertz CT molecular complexity index is 1230. The lowest BCUT2D eigenvalue weighted by molar-refractivity contribution is -0.137. The summed E-state index contributed by atoms with van der Waals surface area (Å²) >= 11 is 6.81. The molecule has 11 heteroatoms. The molecule has 1 N–H and O–H groups in total. The fraction of sp³-hybridized carbons (Fsp3) is 0.136. The predicted molar refractivity (Wildman–Crippen MR) is 118 cm³/mol. The number of benzene rings is 2. The number of hydrogen-bond donors (Lipinski definition) is 1. The number of thioether (sulfide) groups is 1. The van der Waals surface area contributed by atoms with E-state index < -0.39 is 27.9 Å². The first kappa shape index (κ1) is 22.9. The molecule has 33 heavy (non-hydrogen) atoms. The van der Waals surface area contributed by atoms with Crippen molar-refractivity contribution in [2.24, 2.45) is 0 Å². The Morgan fingerprint density at radius 3 is 2.64 bits per heavy atom. The van der Waals surface area contributed by atoms with Crippen LogP contribution >= 0.6 is 23.4 Å². The van der Waals surface area contributed by atoms with Gasteiger partial charge in [0.05, 0.1) is 23.4 Å². The van der Waals surface area contributed by atoms with Crippen molar-refractivity contribution in [2.45, 2.75) is 23.1 Å². The highest BCUT2D eigenvalue weighted by molar-refractivity contribution is 8.00. The van der Waals surface area contributed by atoms with Crippen molar-refractivity contribution in [3.63, 3.8) is 0 Å². The molecule has 0 spiro atoms. The molecule has 2 aromatic carbocycles. The number of nitrogens with one attached hydrogen (secondary N) is 1. The van der Waals surface area contributed by atoms with Gasteiger partial charge in [-0.15, -0.1) is 10.2 Å². The second-order valence-electron chi connectivity index (χ2n) is 6.91. The van der Waals surface area contributed by atoms with Crippen LogP contribution in [0.4, 0.5) is 18.9 Å². The van der Waals surface area contributed by atoms with E-state index in [2.05, 4.69) is 15.5 Å². The van der Waals surface area contributed by atoms with E-state index in [1.54, 1.807) is 53.3 Å². The fourth-order valence-electron chi connectivity index (χ4n) is 3.05. The zero-order valence-electron chi connectivity index (χ0n) is 16.8. The van der Waals surface area contributed by atoms with Crippen molar-refractivity contribution in [1.29, 1.82) is 0 Å². The summed E-state index contributed by atoms with van der Waals surface area (Å²) in [6, 6.07) is 15.7. The number of nitrogens with zero attached hydrogens (tertiary/aromatic N) is 3. The van der Waals surface area contributed by atoms with E-state index in [9.17, 15) is 18.0 Å². The van der Waals surface area contributed by atoms with Gasteiger partial charge < -0.3 is 14.3 Å². The topological polar surface area (TPSA) is 73.0 Å². The van der Waals surface area contributed by atoms with Crippen molar-refractivity contribution >= 4 is 35.0 Å². The maximum Gasteiger partial charge on any atom is 0.417 e. The SMILES string of the molecule is O=C(Nc1ccc(Cl)c(C(F)(F)F)c1)C(Sc1nncn1Cc1ccco1)c1ccccc1. The van der Waals surface area contributed by atoms with Gasteiger partial charge in [0, 0.05) is 5.69 Å². The number of alkyl halides is 3. The van der Waals surface area contributed by atoms with Gasteiger partial charge >= 0.3 is 6.18 Å². The quantitative estimate of drug-likeness (QED) is 0.317. The first-order valence-electron chi connectivity index (χ1n) is 9.60. The van der Waals surface area contributed by atoms with Crippen molar-refractivity contribution in [1.82, 2.24) is 14.8 Å². The van der Waals surface area contributed by atoms with Crippen LogP contribution in [0.5, 0.6) is 0 Å². The minimum atomic E-state index is -4.65. The maximum absolute atomic E-state index is 13.2. The highest BCUT2D eigenvalue weighted by Crippen LogP contribution is 2.38. The van der Waals surface area contributed by atoms with Crippen LogP contribution in [0.1, 0.15) is 22.1 Å². The van der Waals surface area contributed by atoms with Crippen LogP contribution in [0, 0.1) is 0 Å². The highest BCUT2D eigenvalue weighted by Gasteiger charge is 2.34. The first-order valence-corrected chi connectivity index (χ1v) is 10.9. The molecular weight excluding hydrogens is 477 g/mol. The van der Waals surface area contributed by atoms with Crippen LogP contribution in [0.15, 0.2) is 82.8 Å². The number of halogens is 4. The summed E-state index contributed by atoms with van der Waals surface area (Å²) in [7, 11) is 0. The molecule has 2 aromatic heterocycles. The third-order valence-corrected chi connectivity index (χ3v) is 6.17. The molecule has 170 valence electrons. The fourth-order valence-corrected chi connectivity index (χ4v) is 4.28. The monoisotopic (exact) mass is 492 g/mol. The number of furan rings is 1. The first-order chi connectivity index (χ1) is 15.8. The minimum Gasteiger partial charge on any atom is -0.467 e. The van der Waals surface area contributed by atoms with Gasteiger partial charge in [0.1, 0.15) is 17.3 Å². The molecule has 0 saturated heterocycles. The molecule has 1 unspecified atom stereocenters. The molecule has 0 radical (unpaired) electrons. The van der Waals surface area contributed by atoms with Crippen LogP contribution in [0.2, 0.25) is 5.02 Å². The van der Waals surface area contributed by atoms with E-state index in [4.69, 9.17) is 16.0 Å². The van der Waals surface area contributed by atoms with Gasteiger partial charge in [-0.2, -0.15) is 13.2 Å². The molecule has 2 heterocycles. The van der Waals surface area contributed by atoms with Gasteiger partial charge in [0.15, 0.2) is 5.16 Å². The van der Waals surface area contributed by atoms with Gasteiger partial charge in [-0.1, -0.05) is 53.7 Å². The van der Waals surface area contributed by atoms with Crippen LogP contribution in [-0.4, -0.2) is 20.7 Å². The van der Waals surface area contributed by atoms with Crippen molar-refractivity contribution in [2.75, 3.05) is 5.32 Å². The van der Waals surface area contributed by atoms with Crippen LogP contribution < -0.4 is 5.32 Å². The second kappa shape index (κ2) is 9.72. The molecule has 1 atom stereocenters. The normalized spacial score (nSPS) is 12.5. The molecule has 0 aliphatic heterocycles. The molecule has 0 bridgehead atoms. The van der Waals surface area contributed by atoms with Crippen molar-refractivity contribution < 1.29 is 22.4 Å². The molecule has 4 aromatic rings. The van der Waals surface area contributed by atoms with E-state index >= 15 is 0 Å². The summed E-state index contributed by atoms with van der Waals surface area (Å²) in [6.45, 7) is 0.359. The maximum atomic E-state index is 13.2. The average Bonchev–Trinajstić information content (AvgIpc) is 3.45. The third-order valence-electron chi connectivity index (χ3n) is 4.59. The molecular formula is C22H16ClF3N4O2S. The Morgan fingerprint density at radius 2 is 1.94 bits per heavy atom. The van der Waals surface area contributed by atoms with Gasteiger partial charge in [-0.05, 0) is 35.9 Å². The van der Waals surface area contributed by atoms with E-state index in [-0.39, 0.29) is 5.69 Å². The smallest absolute Gasteiger partial charge is 0.417 e. The number of hydrogen-bond acceptors (Lipinski definition) is 5. The largest absolute Gasteiger partial charge is 0.467 e. The third kappa shape index (κ3) is 5.58. The second-order valence-corrected chi connectivity index (χ2v) is 8.39. The number of carbonyl (C=O) groups excluding carboxylic acids is 1. The van der Waals surface area contributed by atoms with E-state index in [0.717, 1.165) is 23.9 Å². The molecule has 4 rings (SSSR count). The lowest BCUT2D eigenvalue weighted by atomic mass is 10.1. The van der Waals surface area contributed by atoms with Crippen LogP contribution in [-0.2, 0) is 17.5 Å². The molecule has 6 nitrogen and oxygen atoms in total. The number of anilines is 1. The lowest BCUT2D eigenvalue weighted by Gasteiger charge is -2.18. The zero-order valence-corrected chi connectivity index (χ0v) is 18.4. The van der Waals surface area contributed by atoms with E-state index in [1.165, 1.54) is 12.4 Å². The van der Waals surface area contributed by atoms with E-state index in [1.807, 2.05) is 0 Å². The predicted octanol–water partition coefficient (Wildman–Crippen LogP) is 6.06. The number of aromatic nitrogens is 3. The summed E-state index contributed by atoms with van der Waals surface area (Å²) in [4.78, 5) is 13.2. The summed E-state index contributed by atoms with van der Waals surface area (Å²) in [5.41, 5.74) is -0.392. The van der Waals surface area contributed by atoms with Gasteiger partial charge in [-0.25, -0.2) is 0 Å².